The Balaban J connectivity index is 1.73. The van der Waals surface area contributed by atoms with Crippen LogP contribution in [0.1, 0.15) is 49.1 Å². The van der Waals surface area contributed by atoms with Crippen LogP contribution in [0.15, 0.2) is 29.6 Å². The third-order valence-corrected chi connectivity index (χ3v) is 6.12. The standard InChI is InChI=1S/C22H29N3O3S/c1-6-7-10-27-17(5)28-21-8-9-23-20(16(21)4)13-29(26)22-24-18-11-14(2)15(3)12-19(18)25-22/h8-9,11-12,17H,6-7,10,13H2,1-5H3,(H,24,25). The van der Waals surface area contributed by atoms with Crippen LogP contribution in [0.2, 0.25) is 0 Å². The lowest BCUT2D eigenvalue weighted by Crippen LogP contribution is -2.18. The van der Waals surface area contributed by atoms with Gasteiger partial charge in [-0.05, 0) is 63.4 Å². The number of pyridine rings is 1. The number of ether oxygens (including phenoxy) is 2. The molecule has 2 aromatic heterocycles. The number of aromatic nitrogens is 3. The fourth-order valence-electron chi connectivity index (χ4n) is 2.99. The van der Waals surface area contributed by atoms with E-state index in [9.17, 15) is 4.21 Å². The van der Waals surface area contributed by atoms with Crippen molar-refractivity contribution < 1.29 is 13.7 Å². The van der Waals surface area contributed by atoms with Gasteiger partial charge in [0, 0.05) is 11.8 Å². The molecule has 2 heterocycles. The van der Waals surface area contributed by atoms with Gasteiger partial charge < -0.3 is 14.5 Å². The van der Waals surface area contributed by atoms with E-state index in [-0.39, 0.29) is 12.0 Å². The first kappa shape index (κ1) is 21.5. The number of fused-ring (bicyclic) bond motifs is 1. The summed E-state index contributed by atoms with van der Waals surface area (Å²) < 4.78 is 24.5. The Morgan fingerprint density at radius 1 is 1.21 bits per heavy atom. The molecule has 0 amide bonds. The van der Waals surface area contributed by atoms with Crippen molar-refractivity contribution >= 4 is 21.8 Å². The highest BCUT2D eigenvalue weighted by atomic mass is 32.2. The minimum absolute atomic E-state index is 0.270. The quantitative estimate of drug-likeness (QED) is 0.404. The third kappa shape index (κ3) is 5.22. The number of hydrogen-bond donors (Lipinski definition) is 1. The van der Waals surface area contributed by atoms with E-state index < -0.39 is 10.8 Å². The first-order valence-electron chi connectivity index (χ1n) is 9.97. The van der Waals surface area contributed by atoms with Crippen molar-refractivity contribution in [3.63, 3.8) is 0 Å². The largest absolute Gasteiger partial charge is 0.465 e. The highest BCUT2D eigenvalue weighted by Gasteiger charge is 2.16. The summed E-state index contributed by atoms with van der Waals surface area (Å²) in [5.74, 6) is 0.971. The number of unbranched alkanes of at least 4 members (excludes halogenated alkanes) is 1. The molecule has 2 unspecified atom stereocenters. The van der Waals surface area contributed by atoms with Crippen LogP contribution in [0.25, 0.3) is 11.0 Å². The molecule has 1 aromatic carbocycles. The second-order valence-electron chi connectivity index (χ2n) is 7.28. The van der Waals surface area contributed by atoms with E-state index >= 15 is 0 Å². The van der Waals surface area contributed by atoms with Gasteiger partial charge in [-0.1, -0.05) is 13.3 Å². The number of H-pyrrole nitrogens is 1. The molecule has 7 heteroatoms. The zero-order valence-electron chi connectivity index (χ0n) is 17.7. The van der Waals surface area contributed by atoms with Crippen LogP contribution in [-0.4, -0.2) is 32.1 Å². The van der Waals surface area contributed by atoms with Crippen molar-refractivity contribution in [2.75, 3.05) is 6.61 Å². The Labute approximate surface area is 174 Å². The average molecular weight is 416 g/mol. The van der Waals surface area contributed by atoms with E-state index in [1.54, 1.807) is 6.20 Å². The summed E-state index contributed by atoms with van der Waals surface area (Å²) in [5.41, 5.74) is 5.67. The van der Waals surface area contributed by atoms with Gasteiger partial charge in [-0.25, -0.2) is 4.98 Å². The highest BCUT2D eigenvalue weighted by molar-refractivity contribution is 7.84. The molecule has 0 bridgehead atoms. The van der Waals surface area contributed by atoms with Crippen molar-refractivity contribution in [1.29, 1.82) is 0 Å². The van der Waals surface area contributed by atoms with Crippen LogP contribution >= 0.6 is 0 Å². The summed E-state index contributed by atoms with van der Waals surface area (Å²) in [6.45, 7) is 10.7. The monoisotopic (exact) mass is 415 g/mol. The Morgan fingerprint density at radius 2 is 1.97 bits per heavy atom. The number of hydrogen-bond acceptors (Lipinski definition) is 5. The second kappa shape index (κ2) is 9.50. The second-order valence-corrected chi connectivity index (χ2v) is 8.64. The van der Waals surface area contributed by atoms with Crippen molar-refractivity contribution in [1.82, 2.24) is 15.0 Å². The van der Waals surface area contributed by atoms with E-state index in [0.717, 1.165) is 35.1 Å². The van der Waals surface area contributed by atoms with Gasteiger partial charge in [0.25, 0.3) is 0 Å². The molecule has 0 saturated carbocycles. The minimum atomic E-state index is -1.33. The van der Waals surface area contributed by atoms with Crippen molar-refractivity contribution in [3.05, 3.63) is 46.8 Å². The smallest absolute Gasteiger partial charge is 0.197 e. The average Bonchev–Trinajstić information content (AvgIpc) is 3.08. The summed E-state index contributed by atoms with van der Waals surface area (Å²) in [6.07, 6.45) is 3.42. The Kier molecular flexibility index (Phi) is 7.03. The third-order valence-electron chi connectivity index (χ3n) is 4.96. The van der Waals surface area contributed by atoms with E-state index in [0.29, 0.717) is 17.5 Å². The topological polar surface area (TPSA) is 77.1 Å². The normalized spacial score (nSPS) is 13.6. The first-order valence-corrected chi connectivity index (χ1v) is 11.3. The predicted octanol–water partition coefficient (Wildman–Crippen LogP) is 4.73. The predicted molar refractivity (Wildman–Crippen MR) is 116 cm³/mol. The molecule has 29 heavy (non-hydrogen) atoms. The van der Waals surface area contributed by atoms with Crippen molar-refractivity contribution in [2.45, 2.75) is 64.7 Å². The van der Waals surface area contributed by atoms with Gasteiger partial charge in [0.2, 0.25) is 0 Å². The molecular weight excluding hydrogens is 386 g/mol. The lowest BCUT2D eigenvalue weighted by atomic mass is 10.1. The molecule has 156 valence electrons. The van der Waals surface area contributed by atoms with Crippen LogP contribution in [0.3, 0.4) is 0 Å². The molecule has 0 aliphatic heterocycles. The van der Waals surface area contributed by atoms with Crippen LogP contribution < -0.4 is 4.74 Å². The van der Waals surface area contributed by atoms with Gasteiger partial charge >= 0.3 is 0 Å². The molecule has 2 atom stereocenters. The Morgan fingerprint density at radius 3 is 2.72 bits per heavy atom. The van der Waals surface area contributed by atoms with E-state index in [1.165, 1.54) is 11.1 Å². The molecule has 0 aliphatic carbocycles. The summed E-state index contributed by atoms with van der Waals surface area (Å²) >= 11 is 0. The molecule has 3 rings (SSSR count). The van der Waals surface area contributed by atoms with Gasteiger partial charge in [0.05, 0.1) is 39.9 Å². The lowest BCUT2D eigenvalue weighted by Gasteiger charge is -2.17. The van der Waals surface area contributed by atoms with Gasteiger partial charge in [-0.3, -0.25) is 9.19 Å². The first-order chi connectivity index (χ1) is 13.9. The SMILES string of the molecule is CCCCOC(C)Oc1ccnc(CS(=O)c2nc3cc(C)c(C)cc3[nH]2)c1C. The molecular formula is C22H29N3O3S. The molecule has 3 aromatic rings. The minimum Gasteiger partial charge on any atom is -0.465 e. The zero-order valence-corrected chi connectivity index (χ0v) is 18.6. The van der Waals surface area contributed by atoms with Crippen LogP contribution in [0.4, 0.5) is 0 Å². The van der Waals surface area contributed by atoms with E-state index in [4.69, 9.17) is 9.47 Å². The molecule has 6 nitrogen and oxygen atoms in total. The Hall–Kier alpha value is -2.25. The number of imidazole rings is 1. The van der Waals surface area contributed by atoms with E-state index in [2.05, 4.69) is 28.8 Å². The van der Waals surface area contributed by atoms with Crippen molar-refractivity contribution in [2.24, 2.45) is 0 Å². The fraction of sp³-hybridized carbons (Fsp3) is 0.455. The van der Waals surface area contributed by atoms with Gasteiger partial charge in [0.15, 0.2) is 11.4 Å². The van der Waals surface area contributed by atoms with E-state index in [1.807, 2.05) is 39.0 Å². The summed E-state index contributed by atoms with van der Waals surface area (Å²) in [4.78, 5) is 12.1. The number of nitrogens with zero attached hydrogens (tertiary/aromatic N) is 2. The molecule has 0 fully saturated rings. The fourth-order valence-corrected chi connectivity index (χ4v) is 4.09. The van der Waals surface area contributed by atoms with Crippen LogP contribution in [-0.2, 0) is 21.3 Å². The summed E-state index contributed by atoms with van der Waals surface area (Å²) in [6, 6.07) is 5.87. The maximum absolute atomic E-state index is 12.9. The lowest BCUT2D eigenvalue weighted by molar-refractivity contribution is -0.0677. The number of aromatic amines is 1. The summed E-state index contributed by atoms with van der Waals surface area (Å²) in [5, 5.41) is 0.466. The number of aryl methyl sites for hydroxylation is 2. The molecule has 0 radical (unpaired) electrons. The molecule has 0 aliphatic rings. The number of rotatable bonds is 9. The Bertz CT molecular complexity index is 977. The van der Waals surface area contributed by atoms with Gasteiger partial charge in [-0.15, -0.1) is 0 Å². The maximum Gasteiger partial charge on any atom is 0.197 e. The number of benzene rings is 1. The number of nitrogens with one attached hydrogen (secondary N) is 1. The molecule has 0 spiro atoms. The molecule has 1 N–H and O–H groups in total. The highest BCUT2D eigenvalue weighted by Crippen LogP contribution is 2.24. The van der Waals surface area contributed by atoms with Gasteiger partial charge in [0.1, 0.15) is 5.75 Å². The maximum atomic E-state index is 12.9. The van der Waals surface area contributed by atoms with Crippen LogP contribution in [0, 0.1) is 20.8 Å². The van der Waals surface area contributed by atoms with Gasteiger partial charge in [-0.2, -0.15) is 0 Å². The summed E-state index contributed by atoms with van der Waals surface area (Å²) in [7, 11) is -1.33. The van der Waals surface area contributed by atoms with Crippen LogP contribution in [0.5, 0.6) is 5.75 Å². The van der Waals surface area contributed by atoms with Crippen molar-refractivity contribution in [3.8, 4) is 5.75 Å². The zero-order chi connectivity index (χ0) is 21.0. The molecule has 0 saturated heterocycles.